The zero-order chi connectivity index (χ0) is 17.5. The molecular formula is C20H26N4O. The number of likely N-dealkylation sites (N-methyl/N-ethyl adjacent to an activating group) is 1. The molecule has 5 nitrogen and oxygen atoms in total. The summed E-state index contributed by atoms with van der Waals surface area (Å²) in [5.74, 6) is 0.0202. The van der Waals surface area contributed by atoms with E-state index in [-0.39, 0.29) is 5.91 Å². The van der Waals surface area contributed by atoms with Crippen molar-refractivity contribution in [1.29, 1.82) is 0 Å². The van der Waals surface area contributed by atoms with Gasteiger partial charge in [0, 0.05) is 31.5 Å². The maximum absolute atomic E-state index is 12.2. The van der Waals surface area contributed by atoms with E-state index >= 15 is 0 Å². The van der Waals surface area contributed by atoms with Gasteiger partial charge in [-0.05, 0) is 43.7 Å². The number of carbonyl (C=O) groups is 1. The summed E-state index contributed by atoms with van der Waals surface area (Å²) in [6.45, 7) is 3.87. The number of para-hydroxylation sites is 1. The van der Waals surface area contributed by atoms with Crippen molar-refractivity contribution in [1.82, 2.24) is 15.2 Å². The third kappa shape index (κ3) is 5.03. The number of nitrogens with zero attached hydrogens (tertiary/aromatic N) is 3. The van der Waals surface area contributed by atoms with Gasteiger partial charge in [-0.15, -0.1) is 0 Å². The maximum atomic E-state index is 12.2. The van der Waals surface area contributed by atoms with Gasteiger partial charge in [0.2, 0.25) is 5.91 Å². The normalized spacial score (nSPS) is 14.1. The fraction of sp³-hybridized carbons (Fsp3) is 0.400. The van der Waals surface area contributed by atoms with E-state index in [4.69, 9.17) is 0 Å². The number of benzene rings is 1. The number of amides is 1. The molecule has 0 saturated carbocycles. The van der Waals surface area contributed by atoms with Crippen molar-refractivity contribution in [2.45, 2.75) is 25.9 Å². The molecule has 0 bridgehead atoms. The first-order valence-electron chi connectivity index (χ1n) is 8.90. The van der Waals surface area contributed by atoms with Crippen LogP contribution in [0, 0.1) is 0 Å². The average molecular weight is 338 g/mol. The second kappa shape index (κ2) is 8.62. The fourth-order valence-electron chi connectivity index (χ4n) is 3.25. The molecule has 1 amide bonds. The van der Waals surface area contributed by atoms with E-state index in [2.05, 4.69) is 44.4 Å². The largest absolute Gasteiger partial charge is 0.371 e. The monoisotopic (exact) mass is 338 g/mol. The first kappa shape index (κ1) is 17.4. The van der Waals surface area contributed by atoms with Crippen LogP contribution in [0.5, 0.6) is 0 Å². The van der Waals surface area contributed by atoms with Crippen molar-refractivity contribution in [2.75, 3.05) is 31.6 Å². The number of rotatable bonds is 7. The molecule has 5 heteroatoms. The Labute approximate surface area is 149 Å². The zero-order valence-corrected chi connectivity index (χ0v) is 14.8. The van der Waals surface area contributed by atoms with Crippen LogP contribution in [0.4, 0.5) is 5.69 Å². The molecule has 0 atom stereocenters. The van der Waals surface area contributed by atoms with E-state index < -0.39 is 0 Å². The van der Waals surface area contributed by atoms with Gasteiger partial charge in [0.05, 0.1) is 18.8 Å². The zero-order valence-electron chi connectivity index (χ0n) is 14.8. The molecule has 1 aliphatic rings. The lowest BCUT2D eigenvalue weighted by Gasteiger charge is -2.24. The maximum Gasteiger partial charge on any atom is 0.234 e. The van der Waals surface area contributed by atoms with E-state index in [1.54, 1.807) is 6.20 Å². The molecular weight excluding hydrogens is 312 g/mol. The molecule has 1 aliphatic heterocycles. The summed E-state index contributed by atoms with van der Waals surface area (Å²) < 4.78 is 0. The van der Waals surface area contributed by atoms with Gasteiger partial charge < -0.3 is 10.2 Å². The Hall–Kier alpha value is -2.40. The van der Waals surface area contributed by atoms with Gasteiger partial charge in [0.15, 0.2) is 0 Å². The van der Waals surface area contributed by atoms with E-state index in [0.29, 0.717) is 13.1 Å². The lowest BCUT2D eigenvalue weighted by atomic mass is 10.1. The van der Waals surface area contributed by atoms with Crippen LogP contribution >= 0.6 is 0 Å². The minimum absolute atomic E-state index is 0.0202. The van der Waals surface area contributed by atoms with Gasteiger partial charge in [-0.25, -0.2) is 0 Å². The van der Waals surface area contributed by atoms with Gasteiger partial charge in [0.25, 0.3) is 0 Å². The number of nitrogens with one attached hydrogen (secondary N) is 1. The molecule has 1 N–H and O–H groups in total. The van der Waals surface area contributed by atoms with Crippen LogP contribution in [0.1, 0.15) is 24.1 Å². The summed E-state index contributed by atoms with van der Waals surface area (Å²) in [5.41, 5.74) is 3.46. The number of hydrogen-bond donors (Lipinski definition) is 1. The highest BCUT2D eigenvalue weighted by Gasteiger charge is 2.16. The summed E-state index contributed by atoms with van der Waals surface area (Å²) in [6, 6.07) is 14.2. The van der Waals surface area contributed by atoms with Crippen LogP contribution in [0.25, 0.3) is 0 Å². The summed E-state index contributed by atoms with van der Waals surface area (Å²) in [4.78, 5) is 20.9. The van der Waals surface area contributed by atoms with Crippen molar-refractivity contribution in [2.24, 2.45) is 0 Å². The Balaban J connectivity index is 1.52. The van der Waals surface area contributed by atoms with E-state index in [1.165, 1.54) is 24.1 Å². The Bertz CT molecular complexity index is 683. The summed E-state index contributed by atoms with van der Waals surface area (Å²) in [7, 11) is 1.99. The van der Waals surface area contributed by atoms with Gasteiger partial charge in [-0.3, -0.25) is 14.7 Å². The predicted molar refractivity (Wildman–Crippen MR) is 100 cm³/mol. The molecule has 25 heavy (non-hydrogen) atoms. The Morgan fingerprint density at radius 2 is 1.92 bits per heavy atom. The first-order chi connectivity index (χ1) is 12.2. The fourth-order valence-corrected chi connectivity index (χ4v) is 3.25. The smallest absolute Gasteiger partial charge is 0.234 e. The highest BCUT2D eigenvalue weighted by molar-refractivity contribution is 5.77. The van der Waals surface area contributed by atoms with Crippen LogP contribution < -0.4 is 10.2 Å². The first-order valence-corrected chi connectivity index (χ1v) is 8.90. The van der Waals surface area contributed by atoms with Crippen LogP contribution in [-0.4, -0.2) is 42.5 Å². The molecule has 1 aromatic carbocycles. The molecule has 1 aromatic heterocycles. The summed E-state index contributed by atoms with van der Waals surface area (Å²) >= 11 is 0. The molecule has 1 saturated heterocycles. The number of hydrogen-bond acceptors (Lipinski definition) is 4. The van der Waals surface area contributed by atoms with E-state index in [9.17, 15) is 4.79 Å². The third-order valence-electron chi connectivity index (χ3n) is 4.48. The van der Waals surface area contributed by atoms with E-state index in [0.717, 1.165) is 25.3 Å². The molecule has 0 aliphatic carbocycles. The average Bonchev–Trinajstić information content (AvgIpc) is 3.16. The van der Waals surface area contributed by atoms with Gasteiger partial charge in [0.1, 0.15) is 0 Å². The Morgan fingerprint density at radius 1 is 1.16 bits per heavy atom. The lowest BCUT2D eigenvalue weighted by Crippen LogP contribution is -2.35. The molecule has 0 radical (unpaired) electrons. The van der Waals surface area contributed by atoms with E-state index in [1.807, 2.05) is 25.2 Å². The standard InChI is InChI=1S/C20H26N4O/c1-23(16-20(25)22-14-18-9-4-5-11-21-18)15-17-8-2-3-10-19(17)24-12-6-7-13-24/h2-5,8-11H,6-7,12-16H2,1H3,(H,22,25). The minimum Gasteiger partial charge on any atom is -0.371 e. The van der Waals surface area contributed by atoms with Crippen molar-refractivity contribution in [3.8, 4) is 0 Å². The van der Waals surface area contributed by atoms with Crippen molar-refractivity contribution in [3.05, 3.63) is 59.9 Å². The second-order valence-electron chi connectivity index (χ2n) is 6.59. The number of carbonyl (C=O) groups excluding carboxylic acids is 1. The van der Waals surface area contributed by atoms with Crippen molar-refractivity contribution >= 4 is 11.6 Å². The highest BCUT2D eigenvalue weighted by Crippen LogP contribution is 2.25. The van der Waals surface area contributed by atoms with Gasteiger partial charge in [-0.1, -0.05) is 24.3 Å². The Kier molecular flexibility index (Phi) is 6.01. The predicted octanol–water partition coefficient (Wildman–Crippen LogP) is 2.43. The minimum atomic E-state index is 0.0202. The van der Waals surface area contributed by atoms with Crippen LogP contribution in [-0.2, 0) is 17.9 Å². The second-order valence-corrected chi connectivity index (χ2v) is 6.59. The highest BCUT2D eigenvalue weighted by atomic mass is 16.2. The van der Waals surface area contributed by atoms with Crippen molar-refractivity contribution in [3.63, 3.8) is 0 Å². The summed E-state index contributed by atoms with van der Waals surface area (Å²) in [5, 5.41) is 2.93. The van der Waals surface area contributed by atoms with Crippen molar-refractivity contribution < 1.29 is 4.79 Å². The van der Waals surface area contributed by atoms with Gasteiger partial charge in [-0.2, -0.15) is 0 Å². The molecule has 3 rings (SSSR count). The number of pyridine rings is 1. The molecule has 2 heterocycles. The van der Waals surface area contributed by atoms with Crippen LogP contribution in [0.2, 0.25) is 0 Å². The van der Waals surface area contributed by atoms with Crippen LogP contribution in [0.15, 0.2) is 48.7 Å². The molecule has 1 fully saturated rings. The quantitative estimate of drug-likeness (QED) is 0.842. The molecule has 132 valence electrons. The third-order valence-corrected chi connectivity index (χ3v) is 4.48. The van der Waals surface area contributed by atoms with Gasteiger partial charge >= 0.3 is 0 Å². The molecule has 0 unspecified atom stereocenters. The van der Waals surface area contributed by atoms with Crippen LogP contribution in [0.3, 0.4) is 0 Å². The molecule has 2 aromatic rings. The molecule has 0 spiro atoms. The number of aromatic nitrogens is 1. The number of anilines is 1. The summed E-state index contributed by atoms with van der Waals surface area (Å²) in [6.07, 6.45) is 4.27. The topological polar surface area (TPSA) is 48.5 Å². The Morgan fingerprint density at radius 3 is 2.68 bits per heavy atom. The lowest BCUT2D eigenvalue weighted by molar-refractivity contribution is -0.122. The SMILES string of the molecule is CN(CC(=O)NCc1ccccn1)Cc1ccccc1N1CCCC1.